The maximum atomic E-state index is 13.3. The highest BCUT2D eigenvalue weighted by Crippen LogP contribution is 2.37. The second kappa shape index (κ2) is 8.26. The van der Waals surface area contributed by atoms with Crippen molar-refractivity contribution in [2.75, 3.05) is 19.7 Å². The van der Waals surface area contributed by atoms with Crippen LogP contribution in [0.25, 0.3) is 10.9 Å². The van der Waals surface area contributed by atoms with E-state index in [1.807, 2.05) is 30.3 Å². The lowest BCUT2D eigenvalue weighted by Gasteiger charge is -2.41. The minimum atomic E-state index is -4.44. The molecule has 1 fully saturated rings. The number of carboxylic acid groups (broad SMARTS) is 1. The zero-order valence-electron chi connectivity index (χ0n) is 16.8. The molecule has 1 aliphatic rings. The number of nitrogens with zero attached hydrogens (tertiary/aromatic N) is 1. The van der Waals surface area contributed by atoms with Gasteiger partial charge in [0.15, 0.2) is 0 Å². The van der Waals surface area contributed by atoms with Crippen molar-refractivity contribution in [3.8, 4) is 0 Å². The number of carbonyl (C=O) groups is 1. The number of nitrogens with one attached hydrogen (secondary N) is 1. The van der Waals surface area contributed by atoms with Gasteiger partial charge in [0.2, 0.25) is 0 Å². The molecule has 5 nitrogen and oxygen atoms in total. The van der Waals surface area contributed by atoms with Crippen molar-refractivity contribution < 1.29 is 27.8 Å². The Bertz CT molecular complexity index is 1050. The molecule has 0 spiro atoms. The third kappa shape index (κ3) is 4.39. The lowest BCUT2D eigenvalue weighted by Crippen LogP contribution is -2.47. The molecule has 1 aromatic heterocycles. The van der Waals surface area contributed by atoms with Gasteiger partial charge in [-0.3, -0.25) is 0 Å². The number of amides is 1. The number of rotatable bonds is 5. The Morgan fingerprint density at radius 2 is 1.84 bits per heavy atom. The van der Waals surface area contributed by atoms with E-state index in [0.29, 0.717) is 49.0 Å². The van der Waals surface area contributed by atoms with Crippen LogP contribution in [0.15, 0.2) is 54.7 Å². The topological polar surface area (TPSA) is 65.6 Å². The van der Waals surface area contributed by atoms with Gasteiger partial charge in [-0.2, -0.15) is 13.2 Å². The van der Waals surface area contributed by atoms with Gasteiger partial charge in [0.25, 0.3) is 0 Å². The summed E-state index contributed by atoms with van der Waals surface area (Å²) in [4.78, 5) is 15.5. The molecule has 8 heteroatoms. The van der Waals surface area contributed by atoms with E-state index in [4.69, 9.17) is 4.74 Å². The highest BCUT2D eigenvalue weighted by atomic mass is 19.4. The summed E-state index contributed by atoms with van der Waals surface area (Å²) in [5.74, 6) is 0. The fourth-order valence-electron chi connectivity index (χ4n) is 4.32. The number of likely N-dealkylation sites (tertiary alicyclic amines) is 1. The average Bonchev–Trinajstić information content (AvgIpc) is 3.23. The Balaban J connectivity index is 1.55. The number of halogens is 3. The number of benzene rings is 2. The zero-order valence-corrected chi connectivity index (χ0v) is 16.8. The van der Waals surface area contributed by atoms with Crippen LogP contribution < -0.4 is 0 Å². The van der Waals surface area contributed by atoms with Crippen LogP contribution in [0.4, 0.5) is 18.0 Å². The Morgan fingerprint density at radius 1 is 1.13 bits per heavy atom. The number of ether oxygens (including phenoxy) is 1. The van der Waals surface area contributed by atoms with Crippen molar-refractivity contribution >= 4 is 17.0 Å². The quantitative estimate of drug-likeness (QED) is 0.566. The van der Waals surface area contributed by atoms with Gasteiger partial charge in [-0.1, -0.05) is 30.3 Å². The summed E-state index contributed by atoms with van der Waals surface area (Å²) in [6.07, 6.45) is -2.59. The smallest absolute Gasteiger partial charge is 0.416 e. The van der Waals surface area contributed by atoms with Gasteiger partial charge in [0.1, 0.15) is 0 Å². The van der Waals surface area contributed by atoms with Gasteiger partial charge < -0.3 is 19.7 Å². The monoisotopic (exact) mass is 432 g/mol. The van der Waals surface area contributed by atoms with Gasteiger partial charge in [0.05, 0.1) is 18.8 Å². The Hall–Kier alpha value is -3.00. The molecule has 0 saturated carbocycles. The van der Waals surface area contributed by atoms with Crippen molar-refractivity contribution in [3.05, 3.63) is 71.4 Å². The predicted octanol–water partition coefficient (Wildman–Crippen LogP) is 5.42. The van der Waals surface area contributed by atoms with E-state index >= 15 is 0 Å². The third-order valence-corrected chi connectivity index (χ3v) is 6.10. The summed E-state index contributed by atoms with van der Waals surface area (Å²) in [5, 5.41) is 9.97. The van der Waals surface area contributed by atoms with Crippen LogP contribution >= 0.6 is 0 Å². The second-order valence-corrected chi connectivity index (χ2v) is 7.98. The van der Waals surface area contributed by atoms with Crippen molar-refractivity contribution in [1.82, 2.24) is 9.88 Å². The molecule has 1 aliphatic heterocycles. The Kier molecular flexibility index (Phi) is 5.66. The molecule has 164 valence electrons. The van der Waals surface area contributed by atoms with Crippen molar-refractivity contribution in [2.45, 2.75) is 31.0 Å². The summed E-state index contributed by atoms with van der Waals surface area (Å²) in [6, 6.07) is 13.7. The number of alkyl halides is 3. The van der Waals surface area contributed by atoms with E-state index in [0.717, 1.165) is 17.7 Å². The van der Waals surface area contributed by atoms with Crippen LogP contribution in [0, 0.1) is 0 Å². The molecular formula is C23H23F3N2O3. The second-order valence-electron chi connectivity index (χ2n) is 7.98. The van der Waals surface area contributed by atoms with Crippen molar-refractivity contribution in [1.29, 1.82) is 0 Å². The molecule has 0 radical (unpaired) electrons. The number of hydrogen-bond donors (Lipinski definition) is 2. The third-order valence-electron chi connectivity index (χ3n) is 6.10. The number of aromatic amines is 1. The van der Waals surface area contributed by atoms with Crippen LogP contribution in [0.3, 0.4) is 0 Å². The van der Waals surface area contributed by atoms with Crippen molar-refractivity contribution in [2.24, 2.45) is 0 Å². The predicted molar refractivity (Wildman–Crippen MR) is 110 cm³/mol. The summed E-state index contributed by atoms with van der Waals surface area (Å²) in [7, 11) is 0. The highest BCUT2D eigenvalue weighted by molar-refractivity contribution is 5.83. The first-order valence-corrected chi connectivity index (χ1v) is 10.1. The molecular weight excluding hydrogens is 409 g/mol. The molecule has 31 heavy (non-hydrogen) atoms. The summed E-state index contributed by atoms with van der Waals surface area (Å²) >= 11 is 0. The average molecular weight is 432 g/mol. The molecule has 0 aliphatic carbocycles. The number of aromatic nitrogens is 1. The van der Waals surface area contributed by atoms with Crippen LogP contribution in [0.5, 0.6) is 0 Å². The normalized spacial score (nSPS) is 16.5. The number of H-pyrrole nitrogens is 1. The molecule has 1 amide bonds. The standard InChI is InChI=1S/C23H23F3N2O3/c24-23(25,26)18-12-16(19-6-9-27-20(19)13-18)14-31-15-22(17-4-2-1-3-5-17)7-10-28(11-8-22)21(29)30/h1-6,9,12-13,27H,7-8,10-11,14-15H2,(H,29,30). The molecule has 4 rings (SSSR count). The summed E-state index contributed by atoms with van der Waals surface area (Å²) in [5.41, 5.74) is 0.842. The maximum absolute atomic E-state index is 13.3. The first-order chi connectivity index (χ1) is 14.8. The van der Waals surface area contributed by atoms with Gasteiger partial charge in [-0.05, 0) is 42.2 Å². The molecule has 2 N–H and O–H groups in total. The SMILES string of the molecule is O=C(O)N1CCC(COCc2cc(C(F)(F)F)cc3[nH]ccc23)(c2ccccc2)CC1. The van der Waals surface area contributed by atoms with E-state index in [2.05, 4.69) is 4.98 Å². The molecule has 0 atom stereocenters. The van der Waals surface area contributed by atoms with E-state index in [1.54, 1.807) is 12.3 Å². The zero-order chi connectivity index (χ0) is 22.1. The lowest BCUT2D eigenvalue weighted by atomic mass is 9.73. The van der Waals surface area contributed by atoms with E-state index in [9.17, 15) is 23.1 Å². The number of hydrogen-bond acceptors (Lipinski definition) is 2. The molecule has 0 bridgehead atoms. The first kappa shape index (κ1) is 21.2. The van der Waals surface area contributed by atoms with E-state index in [1.165, 1.54) is 4.90 Å². The summed E-state index contributed by atoms with van der Waals surface area (Å²) < 4.78 is 45.9. The fourth-order valence-corrected chi connectivity index (χ4v) is 4.32. The van der Waals surface area contributed by atoms with Crippen LogP contribution in [-0.2, 0) is 22.9 Å². The molecule has 2 heterocycles. The van der Waals surface area contributed by atoms with Gasteiger partial charge >= 0.3 is 12.3 Å². The molecule has 0 unspecified atom stereocenters. The highest BCUT2D eigenvalue weighted by Gasteiger charge is 2.38. The molecule has 3 aromatic rings. The number of fused-ring (bicyclic) bond motifs is 1. The van der Waals surface area contributed by atoms with Crippen molar-refractivity contribution in [3.63, 3.8) is 0 Å². The minimum absolute atomic E-state index is 0.0372. The first-order valence-electron chi connectivity index (χ1n) is 10.1. The Morgan fingerprint density at radius 3 is 2.48 bits per heavy atom. The van der Waals surface area contributed by atoms with Crippen LogP contribution in [0.1, 0.15) is 29.5 Å². The van der Waals surface area contributed by atoms with Crippen LogP contribution in [0.2, 0.25) is 0 Å². The largest absolute Gasteiger partial charge is 0.465 e. The van der Waals surface area contributed by atoms with E-state index in [-0.39, 0.29) is 12.0 Å². The van der Waals surface area contributed by atoms with Gasteiger partial charge in [-0.25, -0.2) is 4.79 Å². The fraction of sp³-hybridized carbons (Fsp3) is 0.348. The van der Waals surface area contributed by atoms with Gasteiger partial charge in [0, 0.05) is 35.6 Å². The van der Waals surface area contributed by atoms with Gasteiger partial charge in [-0.15, -0.1) is 0 Å². The van der Waals surface area contributed by atoms with E-state index < -0.39 is 17.8 Å². The van der Waals surface area contributed by atoms with Crippen LogP contribution in [-0.4, -0.2) is 40.8 Å². The maximum Gasteiger partial charge on any atom is 0.416 e. The Labute approximate surface area is 177 Å². The molecule has 2 aromatic carbocycles. The molecule has 1 saturated heterocycles. The summed E-state index contributed by atoms with van der Waals surface area (Å²) in [6.45, 7) is 1.11. The minimum Gasteiger partial charge on any atom is -0.465 e. The number of piperidine rings is 1. The lowest BCUT2D eigenvalue weighted by molar-refractivity contribution is -0.137.